The van der Waals surface area contributed by atoms with E-state index in [0.29, 0.717) is 22.4 Å². The zero-order valence-corrected chi connectivity index (χ0v) is 22.1. The highest BCUT2D eigenvalue weighted by Gasteiger charge is 2.69. The third kappa shape index (κ3) is 3.88. The number of hydrogen-bond acceptors (Lipinski definition) is 9. The third-order valence-corrected chi connectivity index (χ3v) is 8.44. The molecular formula is C29H29N3O8. The van der Waals surface area contributed by atoms with Crippen LogP contribution in [-0.2, 0) is 30.4 Å². The number of aliphatic hydroxyl groups is 1. The number of primary amides is 1. The molecule has 0 bridgehead atoms. The lowest BCUT2D eigenvalue weighted by Crippen LogP contribution is -2.74. The lowest BCUT2D eigenvalue weighted by molar-refractivity contribution is -0.181. The molecular weight excluding hydrogens is 518 g/mol. The molecule has 2 unspecified atom stereocenters. The van der Waals surface area contributed by atoms with E-state index in [2.05, 4.69) is 5.32 Å². The number of amides is 2. The summed E-state index contributed by atoms with van der Waals surface area (Å²) in [4.78, 5) is 79.5. The second-order valence-electron chi connectivity index (χ2n) is 11.0. The number of Topliss-reactive ketones (excluding diaryl/α,β-unsaturated/α-hetero) is 4. The van der Waals surface area contributed by atoms with Crippen LogP contribution in [-0.4, -0.2) is 75.8 Å². The van der Waals surface area contributed by atoms with E-state index in [-0.39, 0.29) is 30.1 Å². The Hall–Kier alpha value is -4.22. The fraction of sp³-hybridized carbons (Fsp3) is 0.379. The van der Waals surface area contributed by atoms with Crippen LogP contribution in [0.3, 0.4) is 0 Å². The fourth-order valence-electron chi connectivity index (χ4n) is 6.84. The average molecular weight is 548 g/mol. The summed E-state index contributed by atoms with van der Waals surface area (Å²) < 4.78 is 0. The molecule has 0 aromatic heterocycles. The number of hydrogen-bond donors (Lipinski definition) is 4. The minimum absolute atomic E-state index is 0.0368. The molecule has 5 rings (SSSR count). The average Bonchev–Trinajstić information content (AvgIpc) is 2.85. The number of rotatable bonds is 4. The topological polar surface area (TPSA) is 184 Å². The van der Waals surface area contributed by atoms with Gasteiger partial charge in [0.15, 0.2) is 34.7 Å². The Morgan fingerprint density at radius 2 is 1.77 bits per heavy atom. The Kier molecular flexibility index (Phi) is 6.47. The molecule has 2 fully saturated rings. The molecule has 0 aliphatic heterocycles. The van der Waals surface area contributed by atoms with Gasteiger partial charge in [0.1, 0.15) is 5.75 Å². The summed E-state index contributed by atoms with van der Waals surface area (Å²) in [5, 5.41) is 25.1. The normalized spacial score (nSPS) is 29.5. The molecule has 2 amide bonds. The molecule has 11 nitrogen and oxygen atoms in total. The van der Waals surface area contributed by atoms with Crippen molar-refractivity contribution in [3.63, 3.8) is 0 Å². The Labute approximate surface area is 229 Å². The first-order valence-corrected chi connectivity index (χ1v) is 12.9. The number of nitrogens with zero attached hydrogens (tertiary/aromatic N) is 1. The predicted molar refractivity (Wildman–Crippen MR) is 141 cm³/mol. The van der Waals surface area contributed by atoms with Gasteiger partial charge in [-0.25, -0.2) is 0 Å². The highest BCUT2D eigenvalue weighted by atomic mass is 16.3. The molecule has 40 heavy (non-hydrogen) atoms. The maximum atomic E-state index is 13.9. The number of aromatic hydroxyl groups is 1. The van der Waals surface area contributed by atoms with Gasteiger partial charge in [0, 0.05) is 18.5 Å². The van der Waals surface area contributed by atoms with E-state index in [1.54, 1.807) is 30.3 Å². The quantitative estimate of drug-likeness (QED) is 0.396. The van der Waals surface area contributed by atoms with Gasteiger partial charge in [-0.3, -0.25) is 33.7 Å². The number of likely N-dealkylation sites (N-methyl/N-ethyl adjacent to an activating group) is 1. The maximum Gasteiger partial charge on any atom is 0.235 e. The highest BCUT2D eigenvalue weighted by molar-refractivity contribution is 6.32. The van der Waals surface area contributed by atoms with Crippen LogP contribution < -0.4 is 11.1 Å². The van der Waals surface area contributed by atoms with Crippen LogP contribution in [0.25, 0.3) is 11.1 Å². The molecule has 208 valence electrons. The van der Waals surface area contributed by atoms with Gasteiger partial charge in [-0.15, -0.1) is 0 Å². The van der Waals surface area contributed by atoms with E-state index in [1.165, 1.54) is 32.0 Å². The van der Waals surface area contributed by atoms with Gasteiger partial charge >= 0.3 is 0 Å². The van der Waals surface area contributed by atoms with Crippen molar-refractivity contribution in [1.29, 1.82) is 0 Å². The van der Waals surface area contributed by atoms with Crippen molar-refractivity contribution in [2.75, 3.05) is 19.4 Å². The molecule has 2 aromatic rings. The van der Waals surface area contributed by atoms with E-state index < -0.39 is 64.4 Å². The van der Waals surface area contributed by atoms with Crippen LogP contribution in [0.4, 0.5) is 5.69 Å². The molecule has 0 saturated heterocycles. The third-order valence-electron chi connectivity index (χ3n) is 8.44. The molecule has 2 saturated carbocycles. The summed E-state index contributed by atoms with van der Waals surface area (Å²) in [6, 6.07) is 8.75. The van der Waals surface area contributed by atoms with Gasteiger partial charge in [-0.1, -0.05) is 18.2 Å². The monoisotopic (exact) mass is 547 g/mol. The first-order valence-electron chi connectivity index (χ1n) is 12.9. The molecule has 0 radical (unpaired) electrons. The molecule has 0 heterocycles. The van der Waals surface area contributed by atoms with Gasteiger partial charge in [0.2, 0.25) is 11.8 Å². The number of carbonyl (C=O) groups is 6. The SMILES string of the molecule is CC(=O)Nc1cccc(-c2ccc(O)c3c2C[C@@H]2C[C@@H]4[C@@H](N(C)C)C(=O)C(C(N)=O)C(=O)[C@]4(O)C(=O)C2C3=O)c1. The smallest absolute Gasteiger partial charge is 0.235 e. The van der Waals surface area contributed by atoms with Gasteiger partial charge < -0.3 is 21.3 Å². The first kappa shape index (κ1) is 27.4. The summed E-state index contributed by atoms with van der Waals surface area (Å²) in [7, 11) is 3.07. The zero-order chi connectivity index (χ0) is 29.3. The number of benzene rings is 2. The second-order valence-corrected chi connectivity index (χ2v) is 11.0. The molecule has 11 heteroatoms. The summed E-state index contributed by atoms with van der Waals surface area (Å²) in [6.07, 6.45) is 0.102. The van der Waals surface area contributed by atoms with Crippen molar-refractivity contribution in [3.05, 3.63) is 47.5 Å². The van der Waals surface area contributed by atoms with E-state index >= 15 is 0 Å². The number of phenols is 1. The van der Waals surface area contributed by atoms with Crippen LogP contribution >= 0.6 is 0 Å². The van der Waals surface area contributed by atoms with Crippen molar-refractivity contribution in [1.82, 2.24) is 4.90 Å². The molecule has 0 spiro atoms. The van der Waals surface area contributed by atoms with Crippen molar-refractivity contribution < 1.29 is 39.0 Å². The number of nitrogens with one attached hydrogen (secondary N) is 1. The summed E-state index contributed by atoms with van der Waals surface area (Å²) in [5.74, 6) is -11.2. The lowest BCUT2D eigenvalue weighted by atomic mass is 9.52. The zero-order valence-electron chi connectivity index (χ0n) is 22.1. The number of ketones is 4. The number of nitrogens with two attached hydrogens (primary N) is 1. The Balaban J connectivity index is 1.64. The molecule has 3 aliphatic carbocycles. The van der Waals surface area contributed by atoms with Crippen LogP contribution in [0.5, 0.6) is 5.75 Å². The molecule has 2 aromatic carbocycles. The van der Waals surface area contributed by atoms with Gasteiger partial charge in [0.05, 0.1) is 17.5 Å². The van der Waals surface area contributed by atoms with E-state index in [9.17, 15) is 39.0 Å². The van der Waals surface area contributed by atoms with Crippen LogP contribution in [0.2, 0.25) is 0 Å². The number of anilines is 1. The highest BCUT2D eigenvalue weighted by Crippen LogP contribution is 2.51. The van der Waals surface area contributed by atoms with Crippen molar-refractivity contribution in [2.24, 2.45) is 29.4 Å². The Morgan fingerprint density at radius 3 is 2.40 bits per heavy atom. The largest absolute Gasteiger partial charge is 0.507 e. The Bertz CT molecular complexity index is 1510. The summed E-state index contributed by atoms with van der Waals surface area (Å²) >= 11 is 0. The van der Waals surface area contributed by atoms with Crippen LogP contribution in [0, 0.1) is 23.7 Å². The minimum atomic E-state index is -2.77. The lowest BCUT2D eigenvalue weighted by Gasteiger charge is -2.52. The van der Waals surface area contributed by atoms with E-state index in [4.69, 9.17) is 5.73 Å². The summed E-state index contributed by atoms with van der Waals surface area (Å²) in [5.41, 5.74) is 4.76. The molecule has 6 atom stereocenters. The van der Waals surface area contributed by atoms with Crippen molar-refractivity contribution in [3.8, 4) is 16.9 Å². The molecule has 3 aliphatic rings. The fourth-order valence-corrected chi connectivity index (χ4v) is 6.84. The van der Waals surface area contributed by atoms with Crippen LogP contribution in [0.1, 0.15) is 29.3 Å². The number of fused-ring (bicyclic) bond motifs is 3. The van der Waals surface area contributed by atoms with Crippen molar-refractivity contribution in [2.45, 2.75) is 31.4 Å². The maximum absolute atomic E-state index is 13.9. The van der Waals surface area contributed by atoms with E-state index in [0.717, 1.165) is 0 Å². The Morgan fingerprint density at radius 1 is 1.07 bits per heavy atom. The van der Waals surface area contributed by atoms with Gasteiger partial charge in [-0.05, 0) is 67.7 Å². The minimum Gasteiger partial charge on any atom is -0.507 e. The standard InChI is InChI=1S/C29H29N3O8/c1-12(33)31-15-6-4-5-13(9-15)16-7-8-19(34)21-17(16)10-14-11-18-23(32(2)3)25(36)22(28(30)39)27(38)29(18,40)26(37)20(14)24(21)35/h4-9,14,18,20,22-23,34,40H,10-11H2,1-3H3,(H2,30,39)(H,31,33)/t14-,18-,20?,22?,23-,29-/m1/s1. The van der Waals surface area contributed by atoms with E-state index in [1.807, 2.05) is 0 Å². The predicted octanol–water partition coefficient (Wildman–Crippen LogP) is 0.492. The van der Waals surface area contributed by atoms with Crippen LogP contribution in [0.15, 0.2) is 36.4 Å². The number of phenolic OH excluding ortho intramolecular Hbond substituents is 1. The second kappa shape index (κ2) is 9.46. The van der Waals surface area contributed by atoms with Gasteiger partial charge in [0.25, 0.3) is 0 Å². The van der Waals surface area contributed by atoms with Crippen molar-refractivity contribution >= 4 is 40.6 Å². The number of carbonyl (C=O) groups excluding carboxylic acids is 6. The summed E-state index contributed by atoms with van der Waals surface area (Å²) in [6.45, 7) is 1.38. The van der Waals surface area contributed by atoms with Gasteiger partial charge in [-0.2, -0.15) is 0 Å². The first-order chi connectivity index (χ1) is 18.8. The molecule has 5 N–H and O–H groups in total.